The second-order valence-corrected chi connectivity index (χ2v) is 1.68. The van der Waals surface area contributed by atoms with Crippen LogP contribution >= 0.6 is 20.4 Å². The van der Waals surface area contributed by atoms with Crippen molar-refractivity contribution in [2.75, 3.05) is 0 Å². The summed E-state index contributed by atoms with van der Waals surface area (Å²) >= 11 is 0.569. The molecule has 0 aliphatic carbocycles. The standard InChI is InChI=1S/2ClH.Ni.8H2O/h2*1H;;8*1H2/q;;+2;;;;;;;;/p-2. The SMILES string of the molecule is O.O.O.O.O.O.O.O.[Cl][Ni][Cl]. The molecule has 0 aromatic rings. The van der Waals surface area contributed by atoms with Gasteiger partial charge in [0.15, 0.2) is 0 Å². The van der Waals surface area contributed by atoms with E-state index in [-0.39, 0.29) is 43.8 Å². The van der Waals surface area contributed by atoms with Gasteiger partial charge in [0.05, 0.1) is 0 Å². The molecular weight excluding hydrogens is 258 g/mol. The van der Waals surface area contributed by atoms with Gasteiger partial charge in [0.25, 0.3) is 0 Å². The van der Waals surface area contributed by atoms with Crippen molar-refractivity contribution >= 4 is 20.4 Å². The Morgan fingerprint density at radius 2 is 0.455 bits per heavy atom. The summed E-state index contributed by atoms with van der Waals surface area (Å²) in [5.41, 5.74) is 0. The fourth-order valence-corrected chi connectivity index (χ4v) is 0. The van der Waals surface area contributed by atoms with Crippen LogP contribution in [0.2, 0.25) is 0 Å². The number of halogens is 2. The fourth-order valence-electron chi connectivity index (χ4n) is 0. The van der Waals surface area contributed by atoms with E-state index < -0.39 is 0 Å². The van der Waals surface area contributed by atoms with E-state index in [4.69, 9.17) is 20.4 Å². The summed E-state index contributed by atoms with van der Waals surface area (Å²) in [6.07, 6.45) is 0. The summed E-state index contributed by atoms with van der Waals surface area (Å²) in [6.45, 7) is 0. The Balaban J connectivity index is -0.000000000714. The Morgan fingerprint density at radius 3 is 0.455 bits per heavy atom. The molecule has 11 heteroatoms. The molecule has 8 nitrogen and oxygen atoms in total. The molecule has 88 valence electrons. The van der Waals surface area contributed by atoms with Crippen molar-refractivity contribution in [2.45, 2.75) is 0 Å². The third-order valence-corrected chi connectivity index (χ3v) is 0. The molecule has 0 aromatic heterocycles. The molecule has 0 radical (unpaired) electrons. The maximum absolute atomic E-state index is 4.70. The number of rotatable bonds is 0. The van der Waals surface area contributed by atoms with Crippen LogP contribution in [0.25, 0.3) is 0 Å². The van der Waals surface area contributed by atoms with Crippen LogP contribution in [-0.2, 0) is 12.7 Å². The van der Waals surface area contributed by atoms with Gasteiger partial charge in [0.2, 0.25) is 0 Å². The molecule has 0 saturated heterocycles. The zero-order valence-electron chi connectivity index (χ0n) is 5.07. The van der Waals surface area contributed by atoms with Crippen molar-refractivity contribution in [3.05, 3.63) is 0 Å². The molecule has 16 N–H and O–H groups in total. The third-order valence-electron chi connectivity index (χ3n) is 0. The maximum atomic E-state index is 4.70. The van der Waals surface area contributed by atoms with E-state index in [1.807, 2.05) is 0 Å². The molecule has 0 saturated carbocycles. The van der Waals surface area contributed by atoms with Gasteiger partial charge in [0.1, 0.15) is 0 Å². The van der Waals surface area contributed by atoms with Gasteiger partial charge < -0.3 is 43.8 Å². The second-order valence-electron chi connectivity index (χ2n) is 0.0452. The Kier molecular flexibility index (Phi) is 5420. The van der Waals surface area contributed by atoms with E-state index in [1.165, 1.54) is 0 Å². The Bertz CT molecular complexity index is 12.1. The first-order valence-corrected chi connectivity index (χ1v) is 2.96. The van der Waals surface area contributed by atoms with Gasteiger partial charge in [-0.3, -0.25) is 0 Å². The van der Waals surface area contributed by atoms with Gasteiger partial charge in [0, 0.05) is 0 Å². The summed E-state index contributed by atoms with van der Waals surface area (Å²) in [5, 5.41) is 0. The Morgan fingerprint density at radius 1 is 0.455 bits per heavy atom. The summed E-state index contributed by atoms with van der Waals surface area (Å²) in [7, 11) is 9.40. The summed E-state index contributed by atoms with van der Waals surface area (Å²) in [6, 6.07) is 0. The van der Waals surface area contributed by atoms with Crippen LogP contribution < -0.4 is 0 Å². The van der Waals surface area contributed by atoms with Crippen molar-refractivity contribution in [1.29, 1.82) is 0 Å². The average Bonchev–Trinajstić information content (AvgIpc) is 0.918. The first-order valence-electron chi connectivity index (χ1n) is 0.239. The van der Waals surface area contributed by atoms with E-state index in [2.05, 4.69) is 0 Å². The van der Waals surface area contributed by atoms with Gasteiger partial charge in [-0.1, -0.05) is 0 Å². The molecule has 0 atom stereocenters. The second kappa shape index (κ2) is 333. The van der Waals surface area contributed by atoms with E-state index in [0.29, 0.717) is 12.7 Å². The van der Waals surface area contributed by atoms with Crippen LogP contribution in [0, 0.1) is 0 Å². The molecule has 0 unspecified atom stereocenters. The summed E-state index contributed by atoms with van der Waals surface area (Å²) in [4.78, 5) is 0. The molecular formula is H16Cl2NiO8. The molecule has 0 aliphatic rings. The molecule has 11 heavy (non-hydrogen) atoms. The third kappa shape index (κ3) is 1450. The monoisotopic (exact) mass is 272 g/mol. The van der Waals surface area contributed by atoms with Gasteiger partial charge in [-0.15, -0.1) is 0 Å². The molecule has 0 aromatic carbocycles. The first kappa shape index (κ1) is 179. The zero-order valence-corrected chi connectivity index (χ0v) is 7.57. The molecule has 0 aliphatic heterocycles. The molecule has 0 bridgehead atoms. The minimum atomic E-state index is 0. The molecule has 0 fully saturated rings. The van der Waals surface area contributed by atoms with Crippen LogP contribution in [-0.4, -0.2) is 43.8 Å². The Hall–Kier alpha value is 0.754. The van der Waals surface area contributed by atoms with Crippen molar-refractivity contribution in [1.82, 2.24) is 0 Å². The van der Waals surface area contributed by atoms with Crippen molar-refractivity contribution < 1.29 is 56.5 Å². The molecule has 0 rings (SSSR count). The van der Waals surface area contributed by atoms with Crippen molar-refractivity contribution in [3.8, 4) is 0 Å². The molecule has 0 heterocycles. The summed E-state index contributed by atoms with van der Waals surface area (Å²) in [5.74, 6) is 0. The zero-order chi connectivity index (χ0) is 2.71. The average molecular weight is 274 g/mol. The minimum absolute atomic E-state index is 0. The van der Waals surface area contributed by atoms with E-state index >= 15 is 0 Å². The fraction of sp³-hybridized carbons (Fsp3) is 0. The molecule has 0 spiro atoms. The normalized spacial score (nSPS) is 2.00. The van der Waals surface area contributed by atoms with Gasteiger partial charge >= 0.3 is 33.0 Å². The van der Waals surface area contributed by atoms with Crippen LogP contribution in [0.5, 0.6) is 0 Å². The van der Waals surface area contributed by atoms with Crippen LogP contribution in [0.1, 0.15) is 0 Å². The van der Waals surface area contributed by atoms with Crippen molar-refractivity contribution in [2.24, 2.45) is 0 Å². The van der Waals surface area contributed by atoms with Crippen LogP contribution in [0.15, 0.2) is 0 Å². The van der Waals surface area contributed by atoms with E-state index in [0.717, 1.165) is 0 Å². The van der Waals surface area contributed by atoms with Crippen molar-refractivity contribution in [3.63, 3.8) is 0 Å². The van der Waals surface area contributed by atoms with Gasteiger partial charge in [-0.25, -0.2) is 0 Å². The predicted octanol–water partition coefficient (Wildman–Crippen LogP) is -5.22. The first-order chi connectivity index (χ1) is 1.41. The topological polar surface area (TPSA) is 252 Å². The van der Waals surface area contributed by atoms with E-state index in [1.54, 1.807) is 0 Å². The van der Waals surface area contributed by atoms with Crippen LogP contribution in [0.3, 0.4) is 0 Å². The van der Waals surface area contributed by atoms with Crippen LogP contribution in [0.4, 0.5) is 0 Å². The number of hydrogen-bond donors (Lipinski definition) is 0. The predicted molar refractivity (Wildman–Crippen MR) is 40.6 cm³/mol. The Labute approximate surface area is 77.3 Å². The van der Waals surface area contributed by atoms with Gasteiger partial charge in [-0.05, 0) is 0 Å². The van der Waals surface area contributed by atoms with Gasteiger partial charge in [-0.2, -0.15) is 0 Å². The number of hydrogen-bond acceptors (Lipinski definition) is 0. The summed E-state index contributed by atoms with van der Waals surface area (Å²) < 4.78 is 0. The van der Waals surface area contributed by atoms with E-state index in [9.17, 15) is 0 Å². The molecule has 0 amide bonds. The quantitative estimate of drug-likeness (QED) is 0.375.